The number of aryl methyl sites for hydroxylation is 1. The number of benzene rings is 1. The van der Waals surface area contributed by atoms with E-state index in [1.54, 1.807) is 16.8 Å². The molecule has 2 rings (SSSR count). The summed E-state index contributed by atoms with van der Waals surface area (Å²) in [5, 5.41) is 11.5. The Morgan fingerprint density at radius 3 is 2.87 bits per heavy atom. The summed E-state index contributed by atoms with van der Waals surface area (Å²) >= 11 is 11.3. The summed E-state index contributed by atoms with van der Waals surface area (Å²) in [5.74, 6) is 0.284. The Kier molecular flexibility index (Phi) is 5.96. The lowest BCUT2D eigenvalue weighted by atomic mass is 10.2. The number of hydrogen-bond acceptors (Lipinski definition) is 2. The second-order valence-corrected chi connectivity index (χ2v) is 6.25. The van der Waals surface area contributed by atoms with Gasteiger partial charge in [0.25, 0.3) is 0 Å². The number of hydrogen-bond donors (Lipinski definition) is 2. The standard InChI is InChI=1S/C16H20ClFN4S/c1-4-10(2)19-16(23)20-15-8-11(3)22(21-15)9-12-13(17)6-5-7-14(12)18/h5-8,10H,4,9H2,1-3H3,(H2,19,20,21,23). The third-order valence-corrected chi connectivity index (χ3v) is 4.16. The average Bonchev–Trinajstić information content (AvgIpc) is 2.82. The maximum absolute atomic E-state index is 13.9. The summed E-state index contributed by atoms with van der Waals surface area (Å²) in [7, 11) is 0. The molecule has 2 aromatic rings. The Hall–Kier alpha value is -1.66. The molecule has 0 spiro atoms. The van der Waals surface area contributed by atoms with Crippen LogP contribution >= 0.6 is 23.8 Å². The van der Waals surface area contributed by atoms with Crippen LogP contribution in [-0.4, -0.2) is 20.9 Å². The lowest BCUT2D eigenvalue weighted by Gasteiger charge is -2.13. The van der Waals surface area contributed by atoms with Gasteiger partial charge in [-0.3, -0.25) is 4.68 Å². The minimum absolute atomic E-state index is 0.268. The fraction of sp³-hybridized carbons (Fsp3) is 0.375. The molecule has 0 aliphatic rings. The molecular weight excluding hydrogens is 335 g/mol. The largest absolute Gasteiger partial charge is 0.360 e. The van der Waals surface area contributed by atoms with E-state index in [1.807, 2.05) is 13.0 Å². The molecule has 0 bridgehead atoms. The molecule has 0 aliphatic heterocycles. The van der Waals surface area contributed by atoms with E-state index in [-0.39, 0.29) is 18.4 Å². The van der Waals surface area contributed by atoms with Gasteiger partial charge in [0.15, 0.2) is 10.9 Å². The van der Waals surface area contributed by atoms with Gasteiger partial charge in [0, 0.05) is 28.4 Å². The van der Waals surface area contributed by atoms with E-state index in [2.05, 4.69) is 29.6 Å². The summed E-state index contributed by atoms with van der Waals surface area (Å²) in [6.07, 6.45) is 0.973. The van der Waals surface area contributed by atoms with Gasteiger partial charge in [-0.05, 0) is 44.6 Å². The van der Waals surface area contributed by atoms with E-state index in [1.165, 1.54) is 6.07 Å². The van der Waals surface area contributed by atoms with Crippen molar-refractivity contribution >= 4 is 34.7 Å². The van der Waals surface area contributed by atoms with Gasteiger partial charge in [-0.1, -0.05) is 24.6 Å². The van der Waals surface area contributed by atoms with E-state index >= 15 is 0 Å². The van der Waals surface area contributed by atoms with Crippen LogP contribution in [0.25, 0.3) is 0 Å². The van der Waals surface area contributed by atoms with E-state index < -0.39 is 0 Å². The zero-order valence-corrected chi connectivity index (χ0v) is 14.9. The Morgan fingerprint density at radius 1 is 1.48 bits per heavy atom. The van der Waals surface area contributed by atoms with Gasteiger partial charge < -0.3 is 10.6 Å². The van der Waals surface area contributed by atoms with Crippen LogP contribution in [0.5, 0.6) is 0 Å². The van der Waals surface area contributed by atoms with Gasteiger partial charge >= 0.3 is 0 Å². The molecule has 1 unspecified atom stereocenters. The molecule has 1 heterocycles. The van der Waals surface area contributed by atoms with Gasteiger partial charge in [-0.2, -0.15) is 5.10 Å². The Morgan fingerprint density at radius 2 is 2.22 bits per heavy atom. The minimum atomic E-state index is -0.337. The molecule has 0 aliphatic carbocycles. The van der Waals surface area contributed by atoms with Crippen molar-refractivity contribution in [3.63, 3.8) is 0 Å². The zero-order chi connectivity index (χ0) is 17.0. The number of aromatic nitrogens is 2. The van der Waals surface area contributed by atoms with Crippen LogP contribution in [0.2, 0.25) is 5.02 Å². The second-order valence-electron chi connectivity index (χ2n) is 5.44. The molecule has 124 valence electrons. The lowest BCUT2D eigenvalue weighted by molar-refractivity contribution is 0.581. The summed E-state index contributed by atoms with van der Waals surface area (Å²) in [5.41, 5.74) is 1.31. The molecule has 7 heteroatoms. The first-order chi connectivity index (χ1) is 10.9. The molecule has 1 atom stereocenters. The SMILES string of the molecule is CCC(C)NC(=S)Nc1cc(C)n(Cc2c(F)cccc2Cl)n1. The molecule has 4 nitrogen and oxygen atoms in total. The maximum atomic E-state index is 13.9. The number of rotatable bonds is 5. The van der Waals surface area contributed by atoms with Crippen molar-refractivity contribution < 1.29 is 4.39 Å². The smallest absolute Gasteiger partial charge is 0.172 e. The molecular formula is C16H20ClFN4S. The highest BCUT2D eigenvalue weighted by Crippen LogP contribution is 2.21. The Balaban J connectivity index is 2.11. The maximum Gasteiger partial charge on any atom is 0.172 e. The van der Waals surface area contributed by atoms with Crippen molar-refractivity contribution in [1.82, 2.24) is 15.1 Å². The highest BCUT2D eigenvalue weighted by Gasteiger charge is 2.12. The number of halogens is 2. The molecule has 0 amide bonds. The topological polar surface area (TPSA) is 41.9 Å². The lowest BCUT2D eigenvalue weighted by Crippen LogP contribution is -2.35. The fourth-order valence-electron chi connectivity index (χ4n) is 2.04. The van der Waals surface area contributed by atoms with Crippen molar-refractivity contribution in [2.24, 2.45) is 0 Å². The first-order valence-electron chi connectivity index (χ1n) is 7.45. The number of anilines is 1. The molecule has 1 aromatic carbocycles. The summed E-state index contributed by atoms with van der Waals surface area (Å²) in [4.78, 5) is 0. The van der Waals surface area contributed by atoms with Crippen LogP contribution in [0, 0.1) is 12.7 Å². The first-order valence-corrected chi connectivity index (χ1v) is 8.24. The molecule has 0 radical (unpaired) electrons. The predicted molar refractivity (Wildman–Crippen MR) is 96.6 cm³/mol. The summed E-state index contributed by atoms with van der Waals surface area (Å²) < 4.78 is 15.6. The van der Waals surface area contributed by atoms with Crippen LogP contribution in [0.4, 0.5) is 10.2 Å². The molecule has 2 N–H and O–H groups in total. The number of nitrogens with one attached hydrogen (secondary N) is 2. The third kappa shape index (κ3) is 4.65. The highest BCUT2D eigenvalue weighted by atomic mass is 35.5. The van der Waals surface area contributed by atoms with Crippen LogP contribution < -0.4 is 10.6 Å². The van der Waals surface area contributed by atoms with Gasteiger partial charge in [-0.25, -0.2) is 4.39 Å². The minimum Gasteiger partial charge on any atom is -0.360 e. The number of thiocarbonyl (C=S) groups is 1. The number of nitrogens with zero attached hydrogens (tertiary/aromatic N) is 2. The first kappa shape index (κ1) is 17.7. The van der Waals surface area contributed by atoms with Crippen LogP contribution in [0.3, 0.4) is 0 Å². The molecule has 0 fully saturated rings. The predicted octanol–water partition coefficient (Wildman–Crippen LogP) is 4.12. The van der Waals surface area contributed by atoms with Crippen LogP contribution in [0.1, 0.15) is 31.5 Å². The summed E-state index contributed by atoms with van der Waals surface area (Å²) in [6.45, 7) is 6.30. The van der Waals surface area contributed by atoms with Crippen LogP contribution in [-0.2, 0) is 6.54 Å². The average molecular weight is 355 g/mol. The molecule has 23 heavy (non-hydrogen) atoms. The van der Waals surface area contributed by atoms with E-state index in [0.717, 1.165) is 12.1 Å². The van der Waals surface area contributed by atoms with E-state index in [4.69, 9.17) is 23.8 Å². The van der Waals surface area contributed by atoms with Crippen LogP contribution in [0.15, 0.2) is 24.3 Å². The fourth-order valence-corrected chi connectivity index (χ4v) is 2.57. The van der Waals surface area contributed by atoms with E-state index in [0.29, 0.717) is 21.5 Å². The Bertz CT molecular complexity index is 681. The molecule has 0 saturated carbocycles. The van der Waals surface area contributed by atoms with Gasteiger partial charge in [0.2, 0.25) is 0 Å². The van der Waals surface area contributed by atoms with Crippen molar-refractivity contribution in [3.8, 4) is 0 Å². The van der Waals surface area contributed by atoms with Gasteiger partial charge in [-0.15, -0.1) is 0 Å². The third-order valence-electron chi connectivity index (χ3n) is 3.58. The van der Waals surface area contributed by atoms with Crippen molar-refractivity contribution in [1.29, 1.82) is 0 Å². The summed E-state index contributed by atoms with van der Waals surface area (Å²) in [6, 6.07) is 6.80. The normalized spacial score (nSPS) is 12.0. The van der Waals surface area contributed by atoms with Gasteiger partial charge in [0.05, 0.1) is 6.54 Å². The van der Waals surface area contributed by atoms with E-state index in [9.17, 15) is 4.39 Å². The Labute approximate surface area is 146 Å². The van der Waals surface area contributed by atoms with Gasteiger partial charge in [0.1, 0.15) is 5.82 Å². The molecule has 0 saturated heterocycles. The highest BCUT2D eigenvalue weighted by molar-refractivity contribution is 7.80. The second kappa shape index (κ2) is 7.75. The van der Waals surface area contributed by atoms with Crippen molar-refractivity contribution in [3.05, 3.63) is 46.4 Å². The zero-order valence-electron chi connectivity index (χ0n) is 13.4. The van der Waals surface area contributed by atoms with Crippen molar-refractivity contribution in [2.75, 3.05) is 5.32 Å². The molecule has 1 aromatic heterocycles. The quantitative estimate of drug-likeness (QED) is 0.793. The monoisotopic (exact) mass is 354 g/mol. The van der Waals surface area contributed by atoms with Crippen molar-refractivity contribution in [2.45, 2.75) is 39.8 Å².